The van der Waals surface area contributed by atoms with Crippen molar-refractivity contribution in [3.8, 4) is 11.5 Å². The third kappa shape index (κ3) is 2.66. The quantitative estimate of drug-likeness (QED) is 0.914. The predicted molar refractivity (Wildman–Crippen MR) is 76.4 cm³/mol. The van der Waals surface area contributed by atoms with E-state index in [1.807, 2.05) is 13.0 Å². The molecule has 1 aromatic rings. The van der Waals surface area contributed by atoms with E-state index in [4.69, 9.17) is 9.47 Å². The molecule has 6 nitrogen and oxygen atoms in total. The summed E-state index contributed by atoms with van der Waals surface area (Å²) < 4.78 is 10.6. The van der Waals surface area contributed by atoms with Crippen molar-refractivity contribution in [3.63, 3.8) is 0 Å². The van der Waals surface area contributed by atoms with E-state index in [2.05, 4.69) is 5.32 Å². The Bertz CT molecular complexity index is 573. The molecular weight excluding hydrogens is 272 g/mol. The molecule has 0 radical (unpaired) electrons. The Balaban J connectivity index is 1.88. The monoisotopic (exact) mass is 290 g/mol. The van der Waals surface area contributed by atoms with Gasteiger partial charge in [-0.15, -0.1) is 0 Å². The lowest BCUT2D eigenvalue weighted by atomic mass is 10.1. The fourth-order valence-electron chi connectivity index (χ4n) is 2.63. The molecule has 1 aromatic carbocycles. The van der Waals surface area contributed by atoms with E-state index in [9.17, 15) is 9.59 Å². The number of anilines is 1. The zero-order valence-corrected chi connectivity index (χ0v) is 11.9. The first-order valence-corrected chi connectivity index (χ1v) is 7.19. The number of nitrogens with one attached hydrogen (secondary N) is 1. The van der Waals surface area contributed by atoms with Crippen molar-refractivity contribution in [3.05, 3.63) is 18.2 Å². The van der Waals surface area contributed by atoms with Crippen LogP contribution in [0.2, 0.25) is 0 Å². The number of carbonyl (C=O) groups excluding carboxylic acids is 2. The van der Waals surface area contributed by atoms with Crippen LogP contribution in [-0.2, 0) is 9.59 Å². The molecule has 2 heterocycles. The summed E-state index contributed by atoms with van der Waals surface area (Å²) in [5.41, 5.74) is 0.738. The molecule has 0 aromatic heterocycles. The highest BCUT2D eigenvalue weighted by Gasteiger charge is 2.30. The van der Waals surface area contributed by atoms with Crippen LogP contribution in [-0.4, -0.2) is 31.2 Å². The van der Waals surface area contributed by atoms with Crippen molar-refractivity contribution in [2.24, 2.45) is 0 Å². The number of benzene rings is 1. The van der Waals surface area contributed by atoms with Gasteiger partial charge in [0.2, 0.25) is 18.6 Å². The van der Waals surface area contributed by atoms with Crippen molar-refractivity contribution >= 4 is 17.5 Å². The maximum Gasteiger partial charge on any atom is 0.249 e. The van der Waals surface area contributed by atoms with Gasteiger partial charge in [-0.3, -0.25) is 9.59 Å². The van der Waals surface area contributed by atoms with Gasteiger partial charge in [-0.2, -0.15) is 0 Å². The summed E-state index contributed by atoms with van der Waals surface area (Å²) in [6, 6.07) is 4.96. The molecule has 0 spiro atoms. The average molecular weight is 290 g/mol. The van der Waals surface area contributed by atoms with E-state index >= 15 is 0 Å². The molecule has 1 saturated heterocycles. The first kappa shape index (κ1) is 13.7. The third-order valence-electron chi connectivity index (χ3n) is 3.71. The first-order chi connectivity index (χ1) is 10.2. The van der Waals surface area contributed by atoms with E-state index in [1.165, 1.54) is 0 Å². The van der Waals surface area contributed by atoms with Crippen LogP contribution in [0.1, 0.15) is 26.2 Å². The van der Waals surface area contributed by atoms with E-state index < -0.39 is 6.04 Å². The second-order valence-electron chi connectivity index (χ2n) is 5.19. The molecule has 0 aliphatic carbocycles. The topological polar surface area (TPSA) is 67.9 Å². The molecule has 0 bridgehead atoms. The molecule has 2 amide bonds. The zero-order valence-electron chi connectivity index (χ0n) is 11.9. The van der Waals surface area contributed by atoms with Crippen LogP contribution in [0, 0.1) is 0 Å². The zero-order chi connectivity index (χ0) is 14.8. The summed E-state index contributed by atoms with van der Waals surface area (Å²) in [6.45, 7) is 2.57. The highest BCUT2D eigenvalue weighted by molar-refractivity contribution is 6.01. The molecule has 2 aliphatic heterocycles. The van der Waals surface area contributed by atoms with E-state index in [1.54, 1.807) is 17.0 Å². The number of ether oxygens (including phenoxy) is 2. The Morgan fingerprint density at radius 1 is 1.29 bits per heavy atom. The lowest BCUT2D eigenvalue weighted by molar-refractivity contribution is -0.125. The Hall–Kier alpha value is -2.24. The van der Waals surface area contributed by atoms with Crippen LogP contribution in [0.5, 0.6) is 11.5 Å². The highest BCUT2D eigenvalue weighted by Crippen LogP contribution is 2.36. The maximum atomic E-state index is 12.6. The number of hydrogen-bond acceptors (Lipinski definition) is 4. The molecule has 6 heteroatoms. The number of nitrogens with zero attached hydrogens (tertiary/aromatic N) is 1. The van der Waals surface area contributed by atoms with Crippen LogP contribution in [0.15, 0.2) is 18.2 Å². The number of amides is 2. The molecule has 0 saturated carbocycles. The van der Waals surface area contributed by atoms with Crippen LogP contribution in [0.4, 0.5) is 5.69 Å². The summed E-state index contributed by atoms with van der Waals surface area (Å²) in [4.78, 5) is 26.0. The summed E-state index contributed by atoms with van der Waals surface area (Å²) >= 11 is 0. The predicted octanol–water partition coefficient (Wildman–Crippen LogP) is 1.44. The van der Waals surface area contributed by atoms with Crippen LogP contribution >= 0.6 is 0 Å². The maximum absolute atomic E-state index is 12.6. The Labute approximate surface area is 123 Å². The molecule has 1 unspecified atom stereocenters. The lowest BCUT2D eigenvalue weighted by Gasteiger charge is -2.24. The molecule has 1 atom stereocenters. The van der Waals surface area contributed by atoms with E-state index in [0.717, 1.165) is 12.1 Å². The molecule has 1 fully saturated rings. The molecular formula is C15H18N2O4. The fraction of sp³-hybridized carbons (Fsp3) is 0.467. The van der Waals surface area contributed by atoms with Gasteiger partial charge in [-0.25, -0.2) is 0 Å². The molecule has 2 aliphatic rings. The molecule has 1 N–H and O–H groups in total. The number of fused-ring (bicyclic) bond motifs is 1. The third-order valence-corrected chi connectivity index (χ3v) is 3.71. The van der Waals surface area contributed by atoms with Crippen molar-refractivity contribution in [1.29, 1.82) is 0 Å². The van der Waals surface area contributed by atoms with Crippen LogP contribution in [0.3, 0.4) is 0 Å². The Kier molecular flexibility index (Phi) is 3.68. The van der Waals surface area contributed by atoms with Gasteiger partial charge in [0, 0.05) is 24.7 Å². The van der Waals surface area contributed by atoms with Crippen molar-refractivity contribution in [1.82, 2.24) is 5.32 Å². The van der Waals surface area contributed by atoms with Crippen molar-refractivity contribution in [2.75, 3.05) is 18.2 Å². The smallest absolute Gasteiger partial charge is 0.249 e. The van der Waals surface area contributed by atoms with Gasteiger partial charge in [0.1, 0.15) is 6.04 Å². The largest absolute Gasteiger partial charge is 0.454 e. The van der Waals surface area contributed by atoms with E-state index in [-0.39, 0.29) is 18.6 Å². The first-order valence-electron chi connectivity index (χ1n) is 7.19. The lowest BCUT2D eigenvalue weighted by Crippen LogP contribution is -2.44. The summed E-state index contributed by atoms with van der Waals surface area (Å²) in [6.07, 6.45) is 1.79. The molecule has 112 valence electrons. The minimum atomic E-state index is -0.449. The molecule has 21 heavy (non-hydrogen) atoms. The van der Waals surface area contributed by atoms with Crippen molar-refractivity contribution < 1.29 is 19.1 Å². The standard InChI is InChI=1S/C15H18N2O4/c1-2-3-11-15(19)17(7-6-14(18)16-11)10-4-5-12-13(8-10)21-9-20-12/h4-5,8,11H,2-3,6-7,9H2,1H3,(H,16,18). The van der Waals surface area contributed by atoms with Gasteiger partial charge >= 0.3 is 0 Å². The molecule has 3 rings (SSSR count). The summed E-state index contributed by atoms with van der Waals surface area (Å²) in [5.74, 6) is 1.17. The highest BCUT2D eigenvalue weighted by atomic mass is 16.7. The number of carbonyl (C=O) groups is 2. The van der Waals surface area contributed by atoms with Crippen molar-refractivity contribution in [2.45, 2.75) is 32.2 Å². The Morgan fingerprint density at radius 3 is 2.90 bits per heavy atom. The average Bonchev–Trinajstić information content (AvgIpc) is 2.89. The number of rotatable bonds is 3. The van der Waals surface area contributed by atoms with Gasteiger partial charge in [-0.05, 0) is 18.6 Å². The van der Waals surface area contributed by atoms with Crippen LogP contribution < -0.4 is 19.7 Å². The SMILES string of the molecule is CCCC1NC(=O)CCN(c2ccc3c(c2)OCO3)C1=O. The second-order valence-corrected chi connectivity index (χ2v) is 5.19. The summed E-state index contributed by atoms with van der Waals surface area (Å²) in [7, 11) is 0. The summed E-state index contributed by atoms with van der Waals surface area (Å²) in [5, 5.41) is 2.80. The Morgan fingerprint density at radius 2 is 2.10 bits per heavy atom. The fourth-order valence-corrected chi connectivity index (χ4v) is 2.63. The number of hydrogen-bond donors (Lipinski definition) is 1. The van der Waals surface area contributed by atoms with Gasteiger partial charge < -0.3 is 19.7 Å². The van der Waals surface area contributed by atoms with Crippen LogP contribution in [0.25, 0.3) is 0 Å². The van der Waals surface area contributed by atoms with Gasteiger partial charge in [-0.1, -0.05) is 13.3 Å². The minimum absolute atomic E-state index is 0.0680. The second kappa shape index (κ2) is 5.63. The minimum Gasteiger partial charge on any atom is -0.454 e. The normalized spacial score (nSPS) is 21.2. The van der Waals surface area contributed by atoms with E-state index in [0.29, 0.717) is 30.9 Å². The van der Waals surface area contributed by atoms with Gasteiger partial charge in [0.15, 0.2) is 11.5 Å². The van der Waals surface area contributed by atoms with Gasteiger partial charge in [0.05, 0.1) is 0 Å². The van der Waals surface area contributed by atoms with Gasteiger partial charge in [0.25, 0.3) is 0 Å².